The topological polar surface area (TPSA) is 87.4 Å². The maximum atomic E-state index is 10.7. The third kappa shape index (κ3) is 3.44. The van der Waals surface area contributed by atoms with Crippen LogP contribution in [0.5, 0.6) is 0 Å². The number of anilines is 1. The first-order chi connectivity index (χ1) is 9.58. The Balaban J connectivity index is 1.87. The Kier molecular flexibility index (Phi) is 4.51. The molecule has 1 N–H and O–H groups in total. The molecule has 0 aliphatic heterocycles. The van der Waals surface area contributed by atoms with Gasteiger partial charge in [0, 0.05) is 51.1 Å². The number of carboxylic acid groups (broad SMARTS) is 1. The number of carbonyl (C=O) groups is 1. The quantitative estimate of drug-likeness (QED) is 0.860. The van der Waals surface area contributed by atoms with Gasteiger partial charge in [0.2, 0.25) is 11.1 Å². The van der Waals surface area contributed by atoms with E-state index >= 15 is 0 Å². The van der Waals surface area contributed by atoms with Crippen LogP contribution in [-0.4, -0.2) is 62.2 Å². The lowest BCUT2D eigenvalue weighted by atomic mass is 10.4. The van der Waals surface area contributed by atoms with E-state index in [0.717, 1.165) is 18.1 Å². The van der Waals surface area contributed by atoms with Crippen LogP contribution >= 0.6 is 11.5 Å². The lowest BCUT2D eigenvalue weighted by Gasteiger charge is -2.17. The highest BCUT2D eigenvalue weighted by Crippen LogP contribution is 2.17. The van der Waals surface area contributed by atoms with Crippen molar-refractivity contribution in [2.24, 2.45) is 0 Å². The minimum atomic E-state index is -0.911. The summed E-state index contributed by atoms with van der Waals surface area (Å²) in [4.78, 5) is 22.3. The summed E-state index contributed by atoms with van der Waals surface area (Å²) in [5.74, 6) is 0.594. The molecule has 2 rings (SSSR count). The van der Waals surface area contributed by atoms with E-state index < -0.39 is 6.09 Å². The van der Waals surface area contributed by atoms with Gasteiger partial charge < -0.3 is 14.9 Å². The molecule has 0 saturated heterocycles. The van der Waals surface area contributed by atoms with Crippen LogP contribution in [-0.2, 0) is 0 Å². The van der Waals surface area contributed by atoms with Crippen molar-refractivity contribution < 1.29 is 9.90 Å². The Morgan fingerprint density at radius 1 is 1.45 bits per heavy atom. The molecule has 0 bridgehead atoms. The van der Waals surface area contributed by atoms with E-state index in [1.165, 1.54) is 16.4 Å². The minimum absolute atomic E-state index is 0.493. The fourth-order valence-corrected chi connectivity index (χ4v) is 2.23. The molecule has 20 heavy (non-hydrogen) atoms. The Labute approximate surface area is 120 Å². The highest BCUT2D eigenvalue weighted by atomic mass is 32.1. The fourth-order valence-electron chi connectivity index (χ4n) is 1.58. The molecule has 1 amide bonds. The van der Waals surface area contributed by atoms with Crippen molar-refractivity contribution in [1.82, 2.24) is 23.8 Å². The molecule has 2 heterocycles. The molecule has 8 nitrogen and oxygen atoms in total. The molecule has 0 aliphatic rings. The van der Waals surface area contributed by atoms with Crippen LogP contribution in [0.4, 0.5) is 9.93 Å². The maximum absolute atomic E-state index is 10.7. The zero-order valence-electron chi connectivity index (χ0n) is 11.3. The molecule has 0 aliphatic carbocycles. The molecule has 0 aromatic carbocycles. The third-order valence-electron chi connectivity index (χ3n) is 2.78. The van der Waals surface area contributed by atoms with E-state index in [-0.39, 0.29) is 0 Å². The van der Waals surface area contributed by atoms with Crippen LogP contribution in [0.3, 0.4) is 0 Å². The lowest BCUT2D eigenvalue weighted by molar-refractivity contribution is 0.155. The first-order valence-corrected chi connectivity index (χ1v) is 6.82. The highest BCUT2D eigenvalue weighted by Gasteiger charge is 2.11. The van der Waals surface area contributed by atoms with Gasteiger partial charge in [-0.05, 0) is 6.42 Å². The summed E-state index contributed by atoms with van der Waals surface area (Å²) in [5, 5.41) is 9.55. The van der Waals surface area contributed by atoms with E-state index in [9.17, 15) is 4.79 Å². The standard InChI is InChI=1S/C11H16N6O2S/c1-15(5-3-6-16(2)11(18)19)10-13-9(14-20-10)17-7-4-12-8-17/h4,7-8H,3,5-6H2,1-2H3,(H,18,19). The number of nitrogens with zero attached hydrogens (tertiary/aromatic N) is 6. The summed E-state index contributed by atoms with van der Waals surface area (Å²) in [6, 6.07) is 0. The SMILES string of the molecule is CN(CCCN(C)c1nc(-n2ccnc2)ns1)C(=O)O. The van der Waals surface area contributed by atoms with Gasteiger partial charge in [0.05, 0.1) is 0 Å². The second-order valence-electron chi connectivity index (χ2n) is 4.33. The van der Waals surface area contributed by atoms with Gasteiger partial charge in [-0.1, -0.05) is 0 Å². The number of hydrogen-bond acceptors (Lipinski definition) is 6. The second-order valence-corrected chi connectivity index (χ2v) is 5.06. The average Bonchev–Trinajstić information content (AvgIpc) is 3.08. The van der Waals surface area contributed by atoms with E-state index in [1.807, 2.05) is 11.9 Å². The molecule has 0 saturated carbocycles. The van der Waals surface area contributed by atoms with Crippen molar-refractivity contribution in [3.63, 3.8) is 0 Å². The molecule has 2 aromatic heterocycles. The molecule has 108 valence electrons. The van der Waals surface area contributed by atoms with Gasteiger partial charge in [-0.2, -0.15) is 9.36 Å². The lowest BCUT2D eigenvalue weighted by Crippen LogP contribution is -2.29. The Morgan fingerprint density at radius 3 is 2.90 bits per heavy atom. The summed E-state index contributed by atoms with van der Waals surface area (Å²) >= 11 is 1.31. The average molecular weight is 296 g/mol. The van der Waals surface area contributed by atoms with Crippen molar-refractivity contribution in [3.8, 4) is 5.95 Å². The van der Waals surface area contributed by atoms with Crippen LogP contribution in [0.25, 0.3) is 5.95 Å². The van der Waals surface area contributed by atoms with Gasteiger partial charge in [0.25, 0.3) is 0 Å². The summed E-state index contributed by atoms with van der Waals surface area (Å²) < 4.78 is 6.00. The third-order valence-corrected chi connectivity index (χ3v) is 3.60. The normalized spacial score (nSPS) is 10.5. The van der Waals surface area contributed by atoms with Crippen LogP contribution in [0, 0.1) is 0 Å². The molecule has 9 heteroatoms. The van der Waals surface area contributed by atoms with Crippen LogP contribution in [0.15, 0.2) is 18.7 Å². The predicted octanol–water partition coefficient (Wildman–Crippen LogP) is 1.16. The summed E-state index contributed by atoms with van der Waals surface area (Å²) in [7, 11) is 3.48. The van der Waals surface area contributed by atoms with Gasteiger partial charge in [-0.3, -0.25) is 4.57 Å². The van der Waals surface area contributed by atoms with Crippen molar-refractivity contribution in [2.75, 3.05) is 32.1 Å². The number of hydrogen-bond donors (Lipinski definition) is 1. The van der Waals surface area contributed by atoms with Crippen LogP contribution in [0.2, 0.25) is 0 Å². The largest absolute Gasteiger partial charge is 0.465 e. The zero-order chi connectivity index (χ0) is 14.5. The number of rotatable bonds is 6. The Hall–Kier alpha value is -2.16. The fraction of sp³-hybridized carbons (Fsp3) is 0.455. The van der Waals surface area contributed by atoms with Gasteiger partial charge in [-0.15, -0.1) is 0 Å². The predicted molar refractivity (Wildman–Crippen MR) is 75.6 cm³/mol. The molecule has 2 aromatic rings. The molecule has 0 fully saturated rings. The number of amides is 1. The molecule has 0 unspecified atom stereocenters. The molecule has 0 atom stereocenters. The first-order valence-electron chi connectivity index (χ1n) is 6.05. The van der Waals surface area contributed by atoms with Crippen molar-refractivity contribution in [1.29, 1.82) is 0 Å². The summed E-state index contributed by atoms with van der Waals surface area (Å²) in [6.45, 7) is 1.21. The zero-order valence-corrected chi connectivity index (χ0v) is 12.1. The summed E-state index contributed by atoms with van der Waals surface area (Å²) in [6.07, 6.45) is 4.93. The van der Waals surface area contributed by atoms with E-state index in [4.69, 9.17) is 5.11 Å². The smallest absolute Gasteiger partial charge is 0.407 e. The van der Waals surface area contributed by atoms with E-state index in [0.29, 0.717) is 12.5 Å². The van der Waals surface area contributed by atoms with Gasteiger partial charge in [0.1, 0.15) is 6.33 Å². The molecule has 0 spiro atoms. The van der Waals surface area contributed by atoms with Gasteiger partial charge in [0.15, 0.2) is 0 Å². The number of imidazole rings is 1. The Morgan fingerprint density at radius 2 is 2.25 bits per heavy atom. The first kappa shape index (κ1) is 14.3. The highest BCUT2D eigenvalue weighted by molar-refractivity contribution is 7.09. The molecule has 0 radical (unpaired) electrons. The van der Waals surface area contributed by atoms with E-state index in [1.54, 1.807) is 30.3 Å². The summed E-state index contributed by atoms with van der Waals surface area (Å²) in [5.41, 5.74) is 0. The van der Waals surface area contributed by atoms with Crippen LogP contribution < -0.4 is 4.90 Å². The van der Waals surface area contributed by atoms with Crippen molar-refractivity contribution in [2.45, 2.75) is 6.42 Å². The Bertz CT molecular complexity index is 555. The van der Waals surface area contributed by atoms with E-state index in [2.05, 4.69) is 14.3 Å². The monoisotopic (exact) mass is 296 g/mol. The minimum Gasteiger partial charge on any atom is -0.465 e. The van der Waals surface area contributed by atoms with Gasteiger partial charge >= 0.3 is 6.09 Å². The molecular formula is C11H16N6O2S. The second kappa shape index (κ2) is 6.33. The van der Waals surface area contributed by atoms with Gasteiger partial charge in [-0.25, -0.2) is 9.78 Å². The maximum Gasteiger partial charge on any atom is 0.407 e. The van der Waals surface area contributed by atoms with Crippen molar-refractivity contribution >= 4 is 22.8 Å². The molecular weight excluding hydrogens is 280 g/mol. The number of aromatic nitrogens is 4. The van der Waals surface area contributed by atoms with Crippen LogP contribution in [0.1, 0.15) is 6.42 Å². The van der Waals surface area contributed by atoms with Crippen molar-refractivity contribution in [3.05, 3.63) is 18.7 Å².